The topological polar surface area (TPSA) is 131 Å². The van der Waals surface area contributed by atoms with E-state index in [0.29, 0.717) is 12.8 Å². The van der Waals surface area contributed by atoms with Crippen LogP contribution in [0.5, 0.6) is 0 Å². The van der Waals surface area contributed by atoms with Crippen LogP contribution >= 0.6 is 0 Å². The summed E-state index contributed by atoms with van der Waals surface area (Å²) >= 11 is 0. The molecule has 0 aliphatic rings. The summed E-state index contributed by atoms with van der Waals surface area (Å²) in [6, 6.07) is 16.7. The van der Waals surface area contributed by atoms with Gasteiger partial charge in [0.25, 0.3) is 0 Å². The Labute approximate surface area is 241 Å². The first-order valence-corrected chi connectivity index (χ1v) is 13.6. The van der Waals surface area contributed by atoms with Gasteiger partial charge < -0.3 is 25.2 Å². The smallest absolute Gasteiger partial charge is 0.332 e. The van der Waals surface area contributed by atoms with Gasteiger partial charge in [0, 0.05) is 12.5 Å². The fraction of sp³-hybridized carbons (Fsp3) is 0.375. The number of esters is 2. The van der Waals surface area contributed by atoms with E-state index >= 15 is 0 Å². The van der Waals surface area contributed by atoms with Crippen molar-refractivity contribution in [2.45, 2.75) is 51.3 Å². The first-order chi connectivity index (χ1) is 19.8. The highest BCUT2D eigenvalue weighted by Gasteiger charge is 2.30. The average Bonchev–Trinajstić information content (AvgIpc) is 2.98. The van der Waals surface area contributed by atoms with Gasteiger partial charge in [-0.15, -0.1) is 13.2 Å². The Morgan fingerprint density at radius 2 is 1.41 bits per heavy atom. The van der Waals surface area contributed by atoms with Crippen LogP contribution in [0.4, 0.5) is 0 Å². The van der Waals surface area contributed by atoms with Crippen LogP contribution in [0.1, 0.15) is 37.3 Å². The van der Waals surface area contributed by atoms with Gasteiger partial charge in [0.1, 0.15) is 13.2 Å². The molecule has 9 nitrogen and oxygen atoms in total. The Balaban J connectivity index is 2.14. The number of hydrogen-bond donors (Lipinski definition) is 3. The second-order valence-electron chi connectivity index (χ2n) is 9.77. The standard InChI is InChI=1S/C32H40N2O7/c1-4-12-26(19-29(36)33-23(3)20-35)30(37)34-28(32(39)40-21-25-16-10-7-11-17-25)22-41-31(38)27(13-5-2)18-24-14-8-6-9-15-24/h4-11,14-17,23,26-28,35H,1-2,12-13,18-22H2,3H3,(H,33,36)(H,34,37)/t23-,26+,27-,28-/m1/s1. The molecule has 0 saturated heterocycles. The molecule has 0 fully saturated rings. The van der Waals surface area contributed by atoms with E-state index in [0.717, 1.165) is 11.1 Å². The fourth-order valence-electron chi connectivity index (χ4n) is 4.02. The molecule has 0 spiro atoms. The SMILES string of the molecule is C=CC[C@@H](CC(=O)N[C@H](C)CO)C(=O)N[C@H](COC(=O)[C@H](CC=C)Cc1ccccc1)C(=O)OCc1ccccc1. The number of aliphatic hydroxyl groups excluding tert-OH is 1. The van der Waals surface area contributed by atoms with E-state index in [1.165, 1.54) is 6.08 Å². The van der Waals surface area contributed by atoms with Crippen LogP contribution in [0.25, 0.3) is 0 Å². The maximum atomic E-state index is 13.2. The third kappa shape index (κ3) is 12.2. The Bertz CT molecular complexity index is 1140. The van der Waals surface area contributed by atoms with Crippen LogP contribution in [0.15, 0.2) is 86.0 Å². The number of allylic oxidation sites excluding steroid dienone is 2. The van der Waals surface area contributed by atoms with Crippen LogP contribution < -0.4 is 10.6 Å². The molecule has 220 valence electrons. The number of ether oxygens (including phenoxy) is 2. The zero-order valence-corrected chi connectivity index (χ0v) is 23.5. The summed E-state index contributed by atoms with van der Waals surface area (Å²) in [5, 5.41) is 14.4. The Morgan fingerprint density at radius 3 is 2.00 bits per heavy atom. The highest BCUT2D eigenvalue weighted by atomic mass is 16.6. The lowest BCUT2D eigenvalue weighted by atomic mass is 9.96. The van der Waals surface area contributed by atoms with Crippen molar-refractivity contribution in [3.63, 3.8) is 0 Å². The summed E-state index contributed by atoms with van der Waals surface area (Å²) in [5.74, 6) is -3.72. The minimum absolute atomic E-state index is 0.0371. The van der Waals surface area contributed by atoms with Crippen molar-refractivity contribution in [2.75, 3.05) is 13.2 Å². The molecule has 9 heteroatoms. The molecular weight excluding hydrogens is 524 g/mol. The van der Waals surface area contributed by atoms with Gasteiger partial charge in [0.15, 0.2) is 6.04 Å². The van der Waals surface area contributed by atoms with Gasteiger partial charge in [-0.25, -0.2) is 4.79 Å². The minimum atomic E-state index is -1.30. The van der Waals surface area contributed by atoms with Crippen molar-refractivity contribution in [1.29, 1.82) is 0 Å². The molecule has 2 aromatic rings. The number of benzene rings is 2. The fourth-order valence-corrected chi connectivity index (χ4v) is 4.02. The van der Waals surface area contributed by atoms with Gasteiger partial charge in [0.05, 0.1) is 18.4 Å². The molecule has 0 heterocycles. The Hall–Kier alpha value is -4.24. The van der Waals surface area contributed by atoms with Gasteiger partial charge in [0.2, 0.25) is 11.8 Å². The van der Waals surface area contributed by atoms with Crippen LogP contribution in [0.2, 0.25) is 0 Å². The molecule has 0 aliphatic heterocycles. The van der Waals surface area contributed by atoms with Crippen molar-refractivity contribution in [1.82, 2.24) is 10.6 Å². The second kappa shape index (κ2) is 18.2. The second-order valence-corrected chi connectivity index (χ2v) is 9.77. The van der Waals surface area contributed by atoms with Crippen molar-refractivity contribution in [2.24, 2.45) is 11.8 Å². The molecule has 0 aromatic heterocycles. The van der Waals surface area contributed by atoms with Crippen molar-refractivity contribution < 1.29 is 33.8 Å². The molecule has 0 aliphatic carbocycles. The number of carbonyl (C=O) groups excluding carboxylic acids is 4. The molecule has 2 amide bonds. The van der Waals surface area contributed by atoms with Gasteiger partial charge >= 0.3 is 11.9 Å². The van der Waals surface area contributed by atoms with Crippen molar-refractivity contribution in [3.05, 3.63) is 97.1 Å². The van der Waals surface area contributed by atoms with Crippen LogP contribution in [0.3, 0.4) is 0 Å². The number of rotatable bonds is 18. The first kappa shape index (κ1) is 33.0. The lowest BCUT2D eigenvalue weighted by molar-refractivity contribution is -0.157. The van der Waals surface area contributed by atoms with Gasteiger partial charge in [-0.05, 0) is 37.3 Å². The van der Waals surface area contributed by atoms with Gasteiger partial charge in [-0.3, -0.25) is 14.4 Å². The Kier molecular flexibility index (Phi) is 14.6. The van der Waals surface area contributed by atoms with Gasteiger partial charge in [-0.2, -0.15) is 0 Å². The van der Waals surface area contributed by atoms with E-state index in [4.69, 9.17) is 9.47 Å². The van der Waals surface area contributed by atoms with Gasteiger partial charge in [-0.1, -0.05) is 72.8 Å². The maximum absolute atomic E-state index is 13.2. The normalized spacial score (nSPS) is 13.5. The summed E-state index contributed by atoms with van der Waals surface area (Å²) < 4.78 is 11.0. The number of carbonyl (C=O) groups is 4. The lowest BCUT2D eigenvalue weighted by Gasteiger charge is -2.22. The monoisotopic (exact) mass is 564 g/mol. The van der Waals surface area contributed by atoms with Crippen molar-refractivity contribution >= 4 is 23.8 Å². The highest BCUT2D eigenvalue weighted by molar-refractivity contribution is 5.89. The first-order valence-electron chi connectivity index (χ1n) is 13.6. The zero-order valence-electron chi connectivity index (χ0n) is 23.5. The third-order valence-electron chi connectivity index (χ3n) is 6.26. The van der Waals surface area contributed by atoms with Crippen LogP contribution in [0, 0.1) is 11.8 Å². The number of amides is 2. The quantitative estimate of drug-likeness (QED) is 0.187. The van der Waals surface area contributed by atoms with E-state index in [1.54, 1.807) is 37.3 Å². The minimum Gasteiger partial charge on any atom is -0.463 e. The average molecular weight is 565 g/mol. The summed E-state index contributed by atoms with van der Waals surface area (Å²) in [6.45, 7) is 8.28. The van der Waals surface area contributed by atoms with E-state index in [9.17, 15) is 24.3 Å². The summed E-state index contributed by atoms with van der Waals surface area (Å²) in [7, 11) is 0. The summed E-state index contributed by atoms with van der Waals surface area (Å²) in [6.07, 6.45) is 3.89. The number of hydrogen-bond acceptors (Lipinski definition) is 7. The van der Waals surface area contributed by atoms with Crippen LogP contribution in [-0.4, -0.2) is 54.2 Å². The molecule has 3 N–H and O–H groups in total. The lowest BCUT2D eigenvalue weighted by Crippen LogP contribution is -2.48. The third-order valence-corrected chi connectivity index (χ3v) is 6.26. The zero-order chi connectivity index (χ0) is 30.0. The molecule has 2 rings (SSSR count). The molecular formula is C32H40N2O7. The molecule has 4 atom stereocenters. The summed E-state index contributed by atoms with van der Waals surface area (Å²) in [5.41, 5.74) is 1.69. The molecule has 41 heavy (non-hydrogen) atoms. The van der Waals surface area contributed by atoms with Crippen LogP contribution in [-0.2, 0) is 41.7 Å². The van der Waals surface area contributed by atoms with E-state index < -0.39 is 54.3 Å². The maximum Gasteiger partial charge on any atom is 0.332 e. The largest absolute Gasteiger partial charge is 0.463 e. The highest BCUT2D eigenvalue weighted by Crippen LogP contribution is 2.16. The predicted octanol–water partition coefficient (Wildman–Crippen LogP) is 3.27. The molecule has 0 unspecified atom stereocenters. The summed E-state index contributed by atoms with van der Waals surface area (Å²) in [4.78, 5) is 51.7. The molecule has 0 bridgehead atoms. The Morgan fingerprint density at radius 1 is 0.829 bits per heavy atom. The molecule has 0 saturated carbocycles. The van der Waals surface area contributed by atoms with Crippen molar-refractivity contribution in [3.8, 4) is 0 Å². The number of nitrogens with one attached hydrogen (secondary N) is 2. The van der Waals surface area contributed by atoms with E-state index in [-0.39, 0.29) is 26.1 Å². The predicted molar refractivity (Wildman–Crippen MR) is 155 cm³/mol. The van der Waals surface area contributed by atoms with E-state index in [2.05, 4.69) is 23.8 Å². The molecule has 0 radical (unpaired) electrons. The van der Waals surface area contributed by atoms with E-state index in [1.807, 2.05) is 36.4 Å². The molecule has 2 aromatic carbocycles. The number of aliphatic hydroxyl groups is 1.